The van der Waals surface area contributed by atoms with Gasteiger partial charge in [0.2, 0.25) is 5.91 Å². The average molecular weight is 372 g/mol. The number of hydrogen-bond acceptors (Lipinski definition) is 4. The summed E-state index contributed by atoms with van der Waals surface area (Å²) < 4.78 is 27.9. The van der Waals surface area contributed by atoms with Crippen molar-refractivity contribution >= 4 is 27.3 Å². The maximum atomic E-state index is 13.3. The first-order valence-corrected chi connectivity index (χ1v) is 9.94. The fraction of sp³-hybridized carbons (Fsp3) is 0.316. The standard InChI is InChI=1S/C19H20N2O4S/c1-12-3-5-17-15(9-12)18(22)7-8-21(17)26(24,25)14-4-6-16-13(10-14)11-19(23)20(16)2/h3-6,9-10,18,22H,7-8,11H2,1-2H3. The number of nitrogens with zero attached hydrogens (tertiary/aromatic N) is 2. The van der Waals surface area contributed by atoms with Crippen LogP contribution in [-0.2, 0) is 21.2 Å². The topological polar surface area (TPSA) is 77.9 Å². The Hall–Kier alpha value is -2.38. The largest absolute Gasteiger partial charge is 0.388 e. The van der Waals surface area contributed by atoms with Gasteiger partial charge < -0.3 is 10.0 Å². The summed E-state index contributed by atoms with van der Waals surface area (Å²) in [6.45, 7) is 2.13. The zero-order valence-electron chi connectivity index (χ0n) is 14.6. The zero-order valence-corrected chi connectivity index (χ0v) is 15.5. The van der Waals surface area contributed by atoms with Gasteiger partial charge in [0.1, 0.15) is 0 Å². The smallest absolute Gasteiger partial charge is 0.264 e. The van der Waals surface area contributed by atoms with E-state index >= 15 is 0 Å². The predicted octanol–water partition coefficient (Wildman–Crippen LogP) is 2.15. The van der Waals surface area contributed by atoms with Gasteiger partial charge in [0.15, 0.2) is 0 Å². The van der Waals surface area contributed by atoms with Crippen LogP contribution in [0.4, 0.5) is 11.4 Å². The quantitative estimate of drug-likeness (QED) is 0.876. The van der Waals surface area contributed by atoms with E-state index in [2.05, 4.69) is 0 Å². The van der Waals surface area contributed by atoms with Crippen molar-refractivity contribution in [3.05, 3.63) is 53.1 Å². The summed E-state index contributed by atoms with van der Waals surface area (Å²) in [5.74, 6) is -0.0449. The first-order chi connectivity index (χ1) is 12.3. The summed E-state index contributed by atoms with van der Waals surface area (Å²) in [6.07, 6.45) is -0.103. The van der Waals surface area contributed by atoms with Gasteiger partial charge in [-0.3, -0.25) is 9.10 Å². The zero-order chi connectivity index (χ0) is 18.6. The third kappa shape index (κ3) is 2.50. The second-order valence-electron chi connectivity index (χ2n) is 6.86. The SMILES string of the molecule is Cc1ccc2c(c1)C(O)CCN2S(=O)(=O)c1ccc2c(c1)CC(=O)N2C. The van der Waals surface area contributed by atoms with Crippen molar-refractivity contribution < 1.29 is 18.3 Å². The minimum Gasteiger partial charge on any atom is -0.388 e. The molecule has 26 heavy (non-hydrogen) atoms. The summed E-state index contributed by atoms with van der Waals surface area (Å²) in [5.41, 5.74) is 3.60. The number of likely N-dealkylation sites (N-methyl/N-ethyl adjacent to an activating group) is 1. The number of amides is 1. The van der Waals surface area contributed by atoms with E-state index in [4.69, 9.17) is 0 Å². The van der Waals surface area contributed by atoms with Crippen molar-refractivity contribution in [3.8, 4) is 0 Å². The lowest BCUT2D eigenvalue weighted by Gasteiger charge is -2.33. The van der Waals surface area contributed by atoms with E-state index < -0.39 is 16.1 Å². The molecular formula is C19H20N2O4S. The number of aliphatic hydroxyl groups is 1. The molecule has 0 saturated carbocycles. The molecule has 2 heterocycles. The molecule has 2 aliphatic rings. The predicted molar refractivity (Wildman–Crippen MR) is 98.8 cm³/mol. The van der Waals surface area contributed by atoms with Crippen LogP contribution in [0.5, 0.6) is 0 Å². The van der Waals surface area contributed by atoms with Gasteiger partial charge in [0.25, 0.3) is 10.0 Å². The molecule has 6 nitrogen and oxygen atoms in total. The second-order valence-corrected chi connectivity index (χ2v) is 8.73. The van der Waals surface area contributed by atoms with Gasteiger partial charge in [0.05, 0.1) is 23.1 Å². The van der Waals surface area contributed by atoms with Crippen molar-refractivity contribution in [2.45, 2.75) is 30.8 Å². The molecule has 2 aromatic rings. The van der Waals surface area contributed by atoms with E-state index in [1.807, 2.05) is 19.1 Å². The van der Waals surface area contributed by atoms with Gasteiger partial charge in [-0.15, -0.1) is 0 Å². The first kappa shape index (κ1) is 17.1. The van der Waals surface area contributed by atoms with Crippen LogP contribution in [0.25, 0.3) is 0 Å². The normalized spacial score (nSPS) is 19.5. The molecule has 0 bridgehead atoms. The van der Waals surface area contributed by atoms with E-state index in [9.17, 15) is 18.3 Å². The van der Waals surface area contributed by atoms with Gasteiger partial charge in [-0.1, -0.05) is 17.7 Å². The highest BCUT2D eigenvalue weighted by atomic mass is 32.2. The van der Waals surface area contributed by atoms with Crippen LogP contribution in [0.1, 0.15) is 29.2 Å². The molecule has 0 radical (unpaired) electrons. The van der Waals surface area contributed by atoms with E-state index in [0.717, 1.165) is 16.8 Å². The maximum absolute atomic E-state index is 13.3. The van der Waals surface area contributed by atoms with Crippen LogP contribution in [0.3, 0.4) is 0 Å². The maximum Gasteiger partial charge on any atom is 0.264 e. The fourth-order valence-corrected chi connectivity index (χ4v) is 5.22. The molecule has 7 heteroatoms. The summed E-state index contributed by atoms with van der Waals surface area (Å²) >= 11 is 0. The molecule has 136 valence electrons. The number of anilines is 2. The number of rotatable bonds is 2. The molecule has 0 aliphatic carbocycles. The Morgan fingerprint density at radius 2 is 1.85 bits per heavy atom. The lowest BCUT2D eigenvalue weighted by Crippen LogP contribution is -2.36. The Kier molecular flexibility index (Phi) is 3.82. The summed E-state index contributed by atoms with van der Waals surface area (Å²) in [7, 11) is -2.09. The first-order valence-electron chi connectivity index (χ1n) is 8.50. The van der Waals surface area contributed by atoms with Crippen LogP contribution in [-0.4, -0.2) is 33.0 Å². The van der Waals surface area contributed by atoms with Gasteiger partial charge in [0, 0.05) is 24.8 Å². The number of aliphatic hydroxyl groups excluding tert-OH is 1. The van der Waals surface area contributed by atoms with E-state index in [1.165, 1.54) is 4.31 Å². The highest BCUT2D eigenvalue weighted by Crippen LogP contribution is 2.38. The third-order valence-corrected chi connectivity index (χ3v) is 6.94. The lowest BCUT2D eigenvalue weighted by molar-refractivity contribution is -0.117. The molecule has 0 saturated heterocycles. The van der Waals surface area contributed by atoms with E-state index in [1.54, 1.807) is 36.2 Å². The Morgan fingerprint density at radius 3 is 2.62 bits per heavy atom. The summed E-state index contributed by atoms with van der Waals surface area (Å²) in [6, 6.07) is 10.2. The van der Waals surface area contributed by atoms with Crippen molar-refractivity contribution in [1.82, 2.24) is 0 Å². The van der Waals surface area contributed by atoms with Crippen molar-refractivity contribution in [3.63, 3.8) is 0 Å². The molecule has 0 fully saturated rings. The number of carbonyl (C=O) groups excluding carboxylic acids is 1. The van der Waals surface area contributed by atoms with E-state index in [-0.39, 0.29) is 23.8 Å². The molecule has 1 amide bonds. The molecular weight excluding hydrogens is 352 g/mol. The Labute approximate surface area is 152 Å². The molecule has 1 N–H and O–H groups in total. The molecule has 1 atom stereocenters. The Bertz CT molecular complexity index is 1020. The Morgan fingerprint density at radius 1 is 1.12 bits per heavy atom. The number of fused-ring (bicyclic) bond motifs is 2. The molecule has 2 aliphatic heterocycles. The highest BCUT2D eigenvalue weighted by molar-refractivity contribution is 7.92. The minimum atomic E-state index is -3.78. The average Bonchev–Trinajstić information content (AvgIpc) is 2.89. The Balaban J connectivity index is 1.78. The summed E-state index contributed by atoms with van der Waals surface area (Å²) in [4.78, 5) is 13.6. The van der Waals surface area contributed by atoms with Crippen molar-refractivity contribution in [2.75, 3.05) is 22.8 Å². The number of aryl methyl sites for hydroxylation is 1. The van der Waals surface area contributed by atoms with Gasteiger partial charge in [-0.05, 0) is 43.2 Å². The van der Waals surface area contributed by atoms with Gasteiger partial charge in [-0.25, -0.2) is 8.42 Å². The lowest BCUT2D eigenvalue weighted by atomic mass is 9.99. The molecule has 0 aromatic heterocycles. The molecule has 1 unspecified atom stereocenters. The number of hydrogen-bond donors (Lipinski definition) is 1. The van der Waals surface area contributed by atoms with E-state index in [0.29, 0.717) is 17.7 Å². The van der Waals surface area contributed by atoms with Crippen LogP contribution < -0.4 is 9.21 Å². The van der Waals surface area contributed by atoms with Gasteiger partial charge in [-0.2, -0.15) is 0 Å². The van der Waals surface area contributed by atoms with Crippen LogP contribution in [0, 0.1) is 6.92 Å². The second kappa shape index (κ2) is 5.82. The van der Waals surface area contributed by atoms with Crippen LogP contribution in [0.2, 0.25) is 0 Å². The summed E-state index contributed by atoms with van der Waals surface area (Å²) in [5, 5.41) is 10.3. The molecule has 4 rings (SSSR count). The van der Waals surface area contributed by atoms with Gasteiger partial charge >= 0.3 is 0 Å². The third-order valence-electron chi connectivity index (χ3n) is 5.13. The van der Waals surface area contributed by atoms with Crippen molar-refractivity contribution in [1.29, 1.82) is 0 Å². The number of benzene rings is 2. The van der Waals surface area contributed by atoms with Crippen LogP contribution >= 0.6 is 0 Å². The van der Waals surface area contributed by atoms with Crippen molar-refractivity contribution in [2.24, 2.45) is 0 Å². The highest BCUT2D eigenvalue weighted by Gasteiger charge is 2.34. The molecule has 0 spiro atoms. The molecule has 2 aromatic carbocycles. The van der Waals surface area contributed by atoms with Crippen LogP contribution in [0.15, 0.2) is 41.3 Å². The monoisotopic (exact) mass is 372 g/mol. The minimum absolute atomic E-state index is 0.0449. The fourth-order valence-electron chi connectivity index (χ4n) is 3.67. The number of sulfonamides is 1. The number of carbonyl (C=O) groups is 1.